The fraction of sp³-hybridized carbons (Fsp3) is 0.150. The quantitative estimate of drug-likeness (QED) is 0.442. The van der Waals surface area contributed by atoms with E-state index in [0.29, 0.717) is 5.56 Å². The largest absolute Gasteiger partial charge is 0.573 e. The third-order valence-electron chi connectivity index (χ3n) is 4.46. The molecule has 1 amide bonds. The van der Waals surface area contributed by atoms with Gasteiger partial charge in [0, 0.05) is 11.3 Å². The molecule has 0 saturated carbocycles. The summed E-state index contributed by atoms with van der Waals surface area (Å²) in [6, 6.07) is 10.6. The van der Waals surface area contributed by atoms with Gasteiger partial charge in [-0.3, -0.25) is 14.2 Å². The summed E-state index contributed by atoms with van der Waals surface area (Å²) in [4.78, 5) is 29.0. The number of carbonyl (C=O) groups is 1. The summed E-state index contributed by atoms with van der Waals surface area (Å²) >= 11 is 0. The van der Waals surface area contributed by atoms with Crippen LogP contribution in [-0.4, -0.2) is 36.8 Å². The lowest BCUT2D eigenvalue weighted by atomic mass is 10.2. The van der Waals surface area contributed by atoms with Crippen LogP contribution in [0.5, 0.6) is 5.75 Å². The van der Waals surface area contributed by atoms with Gasteiger partial charge in [0.05, 0.1) is 6.54 Å². The fourth-order valence-electron chi connectivity index (χ4n) is 2.99. The molecule has 0 unspecified atom stereocenters. The van der Waals surface area contributed by atoms with E-state index in [-0.39, 0.29) is 23.4 Å². The van der Waals surface area contributed by atoms with Crippen molar-refractivity contribution in [1.82, 2.24) is 24.5 Å². The number of halogens is 4. The molecule has 2 aromatic heterocycles. The summed E-state index contributed by atoms with van der Waals surface area (Å²) in [6.07, 6.45) is -3.69. The van der Waals surface area contributed by atoms with E-state index in [4.69, 9.17) is 0 Å². The number of nitrogens with zero attached hydrogens (tertiary/aromatic N) is 5. The summed E-state index contributed by atoms with van der Waals surface area (Å²) in [5, 5.41) is 10.1. The topological polar surface area (TPSA) is 104 Å². The van der Waals surface area contributed by atoms with Crippen molar-refractivity contribution in [3.63, 3.8) is 0 Å². The van der Waals surface area contributed by atoms with Gasteiger partial charge in [-0.2, -0.15) is 0 Å². The van der Waals surface area contributed by atoms with Crippen molar-refractivity contribution in [3.05, 3.63) is 76.6 Å². The highest BCUT2D eigenvalue weighted by molar-refractivity contribution is 5.90. The fourth-order valence-corrected chi connectivity index (χ4v) is 2.99. The van der Waals surface area contributed by atoms with Gasteiger partial charge in [-0.15, -0.1) is 18.3 Å². The van der Waals surface area contributed by atoms with Gasteiger partial charge < -0.3 is 10.1 Å². The van der Waals surface area contributed by atoms with Crippen molar-refractivity contribution >= 4 is 22.8 Å². The smallest absolute Gasteiger partial charge is 0.406 e. The highest BCUT2D eigenvalue weighted by Gasteiger charge is 2.31. The van der Waals surface area contributed by atoms with Crippen molar-refractivity contribution in [2.24, 2.45) is 0 Å². The van der Waals surface area contributed by atoms with Gasteiger partial charge in [0.2, 0.25) is 5.91 Å². The minimum atomic E-state index is -4.82. The summed E-state index contributed by atoms with van der Waals surface area (Å²) in [5.74, 6) is -1.50. The van der Waals surface area contributed by atoms with E-state index in [9.17, 15) is 27.2 Å². The van der Waals surface area contributed by atoms with Crippen LogP contribution in [0.1, 0.15) is 5.56 Å². The zero-order valence-electron chi connectivity index (χ0n) is 16.6. The Kier molecular flexibility index (Phi) is 5.77. The first kappa shape index (κ1) is 21.9. The molecule has 0 spiro atoms. The number of ether oxygens (including phenoxy) is 1. The molecule has 0 fully saturated rings. The first-order chi connectivity index (χ1) is 15.7. The molecule has 2 aromatic carbocycles. The minimum absolute atomic E-state index is 0.00810. The second kappa shape index (κ2) is 8.68. The van der Waals surface area contributed by atoms with Gasteiger partial charge in [0.1, 0.15) is 24.4 Å². The number of rotatable bonds is 6. The number of hydrogen-bond donors (Lipinski definition) is 1. The zero-order valence-corrected chi connectivity index (χ0v) is 16.6. The molecule has 0 atom stereocenters. The van der Waals surface area contributed by atoms with Crippen LogP contribution in [0.4, 0.5) is 23.2 Å². The molecular formula is C20H14F4N6O3. The Labute approximate surface area is 182 Å². The molecule has 2 heterocycles. The van der Waals surface area contributed by atoms with Crippen LogP contribution in [0.25, 0.3) is 11.2 Å². The third-order valence-corrected chi connectivity index (χ3v) is 4.46. The number of nitrogens with one attached hydrogen (secondary N) is 1. The molecule has 13 heteroatoms. The Balaban J connectivity index is 1.47. The molecular weight excluding hydrogens is 448 g/mol. The monoisotopic (exact) mass is 462 g/mol. The molecule has 1 N–H and O–H groups in total. The van der Waals surface area contributed by atoms with E-state index in [2.05, 4.69) is 25.3 Å². The van der Waals surface area contributed by atoms with Crippen molar-refractivity contribution in [2.45, 2.75) is 19.5 Å². The molecule has 0 radical (unpaired) electrons. The average Bonchev–Trinajstić information content (AvgIpc) is 3.16. The van der Waals surface area contributed by atoms with Crippen LogP contribution in [0, 0.1) is 5.82 Å². The first-order valence-electron chi connectivity index (χ1n) is 9.37. The van der Waals surface area contributed by atoms with E-state index in [1.54, 1.807) is 18.2 Å². The summed E-state index contributed by atoms with van der Waals surface area (Å²) in [6.45, 7) is -0.420. The van der Waals surface area contributed by atoms with E-state index >= 15 is 0 Å². The summed E-state index contributed by atoms with van der Waals surface area (Å²) < 4.78 is 56.6. The third kappa shape index (κ3) is 5.14. The lowest BCUT2D eigenvalue weighted by Gasteiger charge is -2.10. The number of amides is 1. The van der Waals surface area contributed by atoms with Gasteiger partial charge >= 0.3 is 6.36 Å². The maximum Gasteiger partial charge on any atom is 0.573 e. The van der Waals surface area contributed by atoms with E-state index in [1.807, 2.05) is 0 Å². The maximum atomic E-state index is 13.9. The van der Waals surface area contributed by atoms with Gasteiger partial charge in [0.15, 0.2) is 11.2 Å². The predicted molar refractivity (Wildman–Crippen MR) is 107 cm³/mol. The number of alkyl halides is 3. The molecule has 0 aliphatic rings. The van der Waals surface area contributed by atoms with Gasteiger partial charge in [0.25, 0.3) is 5.56 Å². The average molecular weight is 462 g/mol. The van der Waals surface area contributed by atoms with E-state index < -0.39 is 35.9 Å². The maximum absolute atomic E-state index is 13.9. The second-order valence-electron chi connectivity index (χ2n) is 6.81. The highest BCUT2D eigenvalue weighted by Crippen LogP contribution is 2.24. The van der Waals surface area contributed by atoms with Gasteiger partial charge in [-0.05, 0) is 30.3 Å². The molecule has 33 heavy (non-hydrogen) atoms. The molecule has 170 valence electrons. The first-order valence-corrected chi connectivity index (χ1v) is 9.37. The van der Waals surface area contributed by atoms with Crippen molar-refractivity contribution in [2.75, 3.05) is 5.32 Å². The van der Waals surface area contributed by atoms with Crippen molar-refractivity contribution < 1.29 is 27.1 Å². The SMILES string of the molecule is O=C(Cn1cnc2c(nnn2Cc2ccccc2F)c1=O)Nc1ccc(OC(F)(F)F)cc1. The molecule has 4 rings (SSSR count). The van der Waals surface area contributed by atoms with Crippen LogP contribution in [0.15, 0.2) is 59.7 Å². The lowest BCUT2D eigenvalue weighted by molar-refractivity contribution is -0.274. The highest BCUT2D eigenvalue weighted by atomic mass is 19.4. The molecule has 0 bridgehead atoms. The van der Waals surface area contributed by atoms with Crippen molar-refractivity contribution in [3.8, 4) is 5.75 Å². The zero-order chi connectivity index (χ0) is 23.6. The van der Waals surface area contributed by atoms with Gasteiger partial charge in [-0.1, -0.05) is 23.4 Å². The number of benzene rings is 2. The Bertz CT molecular complexity index is 1360. The van der Waals surface area contributed by atoms with Gasteiger partial charge in [-0.25, -0.2) is 14.1 Å². The molecule has 0 aliphatic carbocycles. The number of carbonyl (C=O) groups excluding carboxylic acids is 1. The standard InChI is InChI=1S/C20H14F4N6O3/c21-15-4-2-1-3-12(15)9-30-18-17(27-28-30)19(32)29(11-25-18)10-16(31)26-13-5-7-14(8-6-13)33-20(22,23)24/h1-8,11H,9-10H2,(H,26,31). The summed E-state index contributed by atoms with van der Waals surface area (Å²) in [7, 11) is 0. The number of hydrogen-bond acceptors (Lipinski definition) is 6. The van der Waals surface area contributed by atoms with Crippen LogP contribution in [0.2, 0.25) is 0 Å². The second-order valence-corrected chi connectivity index (χ2v) is 6.81. The Morgan fingerprint density at radius 1 is 1.09 bits per heavy atom. The number of aromatic nitrogens is 5. The Hall–Kier alpha value is -4.29. The molecule has 0 saturated heterocycles. The molecule has 4 aromatic rings. The van der Waals surface area contributed by atoms with Crippen LogP contribution in [-0.2, 0) is 17.9 Å². The lowest BCUT2D eigenvalue weighted by Crippen LogP contribution is -2.28. The number of fused-ring (bicyclic) bond motifs is 1. The summed E-state index contributed by atoms with van der Waals surface area (Å²) in [5.41, 5.74) is -0.0759. The molecule has 0 aliphatic heterocycles. The van der Waals surface area contributed by atoms with Crippen molar-refractivity contribution in [1.29, 1.82) is 0 Å². The normalized spacial score (nSPS) is 11.5. The Morgan fingerprint density at radius 2 is 1.82 bits per heavy atom. The Morgan fingerprint density at radius 3 is 2.52 bits per heavy atom. The molecule has 9 nitrogen and oxygen atoms in total. The van der Waals surface area contributed by atoms with Crippen LogP contribution >= 0.6 is 0 Å². The van der Waals surface area contributed by atoms with E-state index in [0.717, 1.165) is 23.0 Å². The van der Waals surface area contributed by atoms with Crippen LogP contribution in [0.3, 0.4) is 0 Å². The van der Waals surface area contributed by atoms with Crippen LogP contribution < -0.4 is 15.6 Å². The van der Waals surface area contributed by atoms with E-state index in [1.165, 1.54) is 22.9 Å². The number of anilines is 1. The minimum Gasteiger partial charge on any atom is -0.406 e. The predicted octanol–water partition coefficient (Wildman–Crippen LogP) is 2.71.